The van der Waals surface area contributed by atoms with Crippen LogP contribution in [0.4, 0.5) is 18.9 Å². The molecule has 0 saturated heterocycles. The minimum Gasteiger partial charge on any atom is -0.305 e. The summed E-state index contributed by atoms with van der Waals surface area (Å²) in [6, 6.07) is 14.4. The minimum absolute atomic E-state index is 0.0454. The fourth-order valence-electron chi connectivity index (χ4n) is 2.00. The maximum atomic E-state index is 12.6. The lowest BCUT2D eigenvalue weighted by Gasteiger charge is -2.21. The molecule has 0 aliphatic heterocycles. The van der Waals surface area contributed by atoms with E-state index in [2.05, 4.69) is 6.58 Å². The summed E-state index contributed by atoms with van der Waals surface area (Å²) < 4.78 is 37.0. The van der Waals surface area contributed by atoms with Crippen molar-refractivity contribution in [3.05, 3.63) is 72.8 Å². The third-order valence-electron chi connectivity index (χ3n) is 2.96. The zero-order valence-corrected chi connectivity index (χ0v) is 12.9. The number of alkyl halides is 3. The standard InChI is InChI=1S/C17H14F3NOS/c1-2-12-21(14-6-4-3-5-7-14)16(22)13-8-10-15(11-9-13)23-17(18,19)20/h2-11H,1,12H2. The van der Waals surface area contributed by atoms with Crippen molar-refractivity contribution in [3.8, 4) is 0 Å². The van der Waals surface area contributed by atoms with Crippen molar-refractivity contribution in [2.24, 2.45) is 0 Å². The Morgan fingerprint density at radius 2 is 1.70 bits per heavy atom. The Balaban J connectivity index is 2.22. The molecule has 0 spiro atoms. The van der Waals surface area contributed by atoms with Gasteiger partial charge in [0.15, 0.2) is 0 Å². The van der Waals surface area contributed by atoms with Gasteiger partial charge in [0.25, 0.3) is 5.91 Å². The summed E-state index contributed by atoms with van der Waals surface area (Å²) in [6.45, 7) is 3.94. The van der Waals surface area contributed by atoms with Crippen LogP contribution in [0.25, 0.3) is 0 Å². The Hall–Kier alpha value is -2.21. The first-order valence-corrected chi connectivity index (χ1v) is 7.56. The van der Waals surface area contributed by atoms with Gasteiger partial charge in [-0.2, -0.15) is 13.2 Å². The van der Waals surface area contributed by atoms with Crippen LogP contribution in [0, 0.1) is 0 Å². The average Bonchev–Trinajstić information content (AvgIpc) is 2.52. The molecule has 2 aromatic carbocycles. The summed E-state index contributed by atoms with van der Waals surface area (Å²) in [6.07, 6.45) is 1.60. The summed E-state index contributed by atoms with van der Waals surface area (Å²) in [5.74, 6) is -0.292. The highest BCUT2D eigenvalue weighted by Crippen LogP contribution is 2.36. The van der Waals surface area contributed by atoms with Gasteiger partial charge in [-0.3, -0.25) is 4.79 Å². The number of rotatable bonds is 5. The molecule has 0 aliphatic carbocycles. The van der Waals surface area contributed by atoms with Crippen molar-refractivity contribution in [1.29, 1.82) is 0 Å². The van der Waals surface area contributed by atoms with Crippen LogP contribution in [0.2, 0.25) is 0 Å². The van der Waals surface area contributed by atoms with Gasteiger partial charge < -0.3 is 4.90 Å². The molecule has 0 bridgehead atoms. The molecule has 0 unspecified atom stereocenters. The Kier molecular flexibility index (Phi) is 5.50. The van der Waals surface area contributed by atoms with Gasteiger partial charge in [0.2, 0.25) is 0 Å². The fourth-order valence-corrected chi connectivity index (χ4v) is 2.54. The summed E-state index contributed by atoms with van der Waals surface area (Å²) >= 11 is -0.205. The summed E-state index contributed by atoms with van der Waals surface area (Å²) in [5.41, 5.74) is -3.32. The lowest BCUT2D eigenvalue weighted by molar-refractivity contribution is -0.0328. The second-order valence-electron chi connectivity index (χ2n) is 4.61. The lowest BCUT2D eigenvalue weighted by atomic mass is 10.2. The number of anilines is 1. The van der Waals surface area contributed by atoms with Crippen molar-refractivity contribution in [3.63, 3.8) is 0 Å². The minimum atomic E-state index is -4.34. The summed E-state index contributed by atoms with van der Waals surface area (Å²) in [7, 11) is 0. The number of carbonyl (C=O) groups excluding carboxylic acids is 1. The van der Waals surface area contributed by atoms with E-state index < -0.39 is 5.51 Å². The van der Waals surface area contributed by atoms with Crippen LogP contribution in [0.15, 0.2) is 72.1 Å². The van der Waals surface area contributed by atoms with Gasteiger partial charge in [0.05, 0.1) is 0 Å². The predicted molar refractivity (Wildman–Crippen MR) is 86.7 cm³/mol. The number of para-hydroxylation sites is 1. The summed E-state index contributed by atoms with van der Waals surface area (Å²) in [4.78, 5) is 14.1. The van der Waals surface area contributed by atoms with Gasteiger partial charge in [-0.1, -0.05) is 24.3 Å². The zero-order valence-electron chi connectivity index (χ0n) is 12.1. The number of halogens is 3. The van der Waals surface area contributed by atoms with Crippen molar-refractivity contribution >= 4 is 23.4 Å². The van der Waals surface area contributed by atoms with Crippen LogP contribution in [0.3, 0.4) is 0 Å². The van der Waals surface area contributed by atoms with Crippen LogP contribution in [0.1, 0.15) is 10.4 Å². The van der Waals surface area contributed by atoms with E-state index >= 15 is 0 Å². The molecule has 120 valence electrons. The normalized spacial score (nSPS) is 11.1. The molecule has 0 heterocycles. The molecule has 0 aliphatic rings. The molecular weight excluding hydrogens is 323 g/mol. The van der Waals surface area contributed by atoms with Gasteiger partial charge in [-0.15, -0.1) is 6.58 Å². The first-order valence-electron chi connectivity index (χ1n) is 6.74. The number of amides is 1. The van der Waals surface area contributed by atoms with Crippen LogP contribution in [-0.2, 0) is 0 Å². The van der Waals surface area contributed by atoms with Crippen molar-refractivity contribution in [1.82, 2.24) is 0 Å². The van der Waals surface area contributed by atoms with Crippen molar-refractivity contribution in [2.75, 3.05) is 11.4 Å². The maximum Gasteiger partial charge on any atom is 0.446 e. The fraction of sp³-hybridized carbons (Fsp3) is 0.118. The summed E-state index contributed by atoms with van der Waals surface area (Å²) in [5, 5.41) is 0. The topological polar surface area (TPSA) is 20.3 Å². The molecule has 1 amide bonds. The molecule has 0 saturated carbocycles. The third kappa shape index (κ3) is 4.89. The van der Waals surface area contributed by atoms with E-state index in [0.29, 0.717) is 17.8 Å². The molecule has 0 atom stereocenters. The molecule has 2 rings (SSSR count). The van der Waals surface area contributed by atoms with Crippen LogP contribution in [0.5, 0.6) is 0 Å². The number of nitrogens with zero attached hydrogens (tertiary/aromatic N) is 1. The lowest BCUT2D eigenvalue weighted by Crippen LogP contribution is -2.30. The number of thioether (sulfide) groups is 1. The Morgan fingerprint density at radius 3 is 2.22 bits per heavy atom. The molecule has 0 radical (unpaired) electrons. The van der Waals surface area contributed by atoms with E-state index in [-0.39, 0.29) is 22.6 Å². The van der Waals surface area contributed by atoms with Crippen molar-refractivity contribution < 1.29 is 18.0 Å². The van der Waals surface area contributed by atoms with Crippen LogP contribution < -0.4 is 4.90 Å². The number of hydrogen-bond donors (Lipinski definition) is 0. The third-order valence-corrected chi connectivity index (χ3v) is 3.70. The SMILES string of the molecule is C=CCN(C(=O)c1ccc(SC(F)(F)F)cc1)c1ccccc1. The van der Waals surface area contributed by atoms with Crippen molar-refractivity contribution in [2.45, 2.75) is 10.4 Å². The smallest absolute Gasteiger partial charge is 0.305 e. The highest BCUT2D eigenvalue weighted by molar-refractivity contribution is 8.00. The highest BCUT2D eigenvalue weighted by Gasteiger charge is 2.29. The highest BCUT2D eigenvalue weighted by atomic mass is 32.2. The molecule has 0 aromatic heterocycles. The molecule has 2 aromatic rings. The van der Waals surface area contributed by atoms with Gasteiger partial charge in [0.1, 0.15) is 0 Å². The Bertz CT molecular complexity index is 668. The monoisotopic (exact) mass is 337 g/mol. The molecule has 6 heteroatoms. The average molecular weight is 337 g/mol. The first kappa shape index (κ1) is 17.1. The Morgan fingerprint density at radius 1 is 1.09 bits per heavy atom. The number of benzene rings is 2. The van der Waals surface area contributed by atoms with E-state index in [9.17, 15) is 18.0 Å². The van der Waals surface area contributed by atoms with Gasteiger partial charge in [-0.05, 0) is 48.2 Å². The van der Waals surface area contributed by atoms with Gasteiger partial charge in [-0.25, -0.2) is 0 Å². The van der Waals surface area contributed by atoms with E-state index in [1.807, 2.05) is 18.2 Å². The molecule has 23 heavy (non-hydrogen) atoms. The largest absolute Gasteiger partial charge is 0.446 e. The molecule has 2 nitrogen and oxygen atoms in total. The second kappa shape index (κ2) is 7.37. The van der Waals surface area contributed by atoms with E-state index in [1.165, 1.54) is 29.2 Å². The van der Waals surface area contributed by atoms with E-state index in [1.54, 1.807) is 18.2 Å². The zero-order chi connectivity index (χ0) is 16.9. The molecule has 0 N–H and O–H groups in total. The van der Waals surface area contributed by atoms with Gasteiger partial charge in [0, 0.05) is 22.7 Å². The van der Waals surface area contributed by atoms with Crippen LogP contribution in [-0.4, -0.2) is 18.0 Å². The van der Waals surface area contributed by atoms with E-state index in [4.69, 9.17) is 0 Å². The molecular formula is C17H14F3NOS. The molecule has 0 fully saturated rings. The first-order chi connectivity index (χ1) is 10.9. The van der Waals surface area contributed by atoms with E-state index in [0.717, 1.165) is 0 Å². The second-order valence-corrected chi connectivity index (χ2v) is 5.75. The number of hydrogen-bond acceptors (Lipinski definition) is 2. The van der Waals surface area contributed by atoms with Crippen LogP contribution >= 0.6 is 11.8 Å². The Labute approximate surface area is 136 Å². The number of carbonyl (C=O) groups is 1. The predicted octanol–water partition coefficient (Wildman–Crippen LogP) is 5.13. The quantitative estimate of drug-likeness (QED) is 0.557. The van der Waals surface area contributed by atoms with Gasteiger partial charge >= 0.3 is 5.51 Å². The maximum absolute atomic E-state index is 12.6.